The molecular formula is C22H24N4OS. The van der Waals surface area contributed by atoms with Crippen molar-refractivity contribution in [2.24, 2.45) is 0 Å². The summed E-state index contributed by atoms with van der Waals surface area (Å²) in [6, 6.07) is 20.4. The maximum atomic E-state index is 13.0. The summed E-state index contributed by atoms with van der Waals surface area (Å²) in [6.07, 6.45) is 2.33. The van der Waals surface area contributed by atoms with Crippen molar-refractivity contribution in [3.63, 3.8) is 0 Å². The Hall–Kier alpha value is -2.60. The summed E-state index contributed by atoms with van der Waals surface area (Å²) >= 11 is 1.48. The number of carbonyl (C=O) groups excluding carboxylic acids is 1. The summed E-state index contributed by atoms with van der Waals surface area (Å²) in [7, 11) is 0. The molecule has 1 fully saturated rings. The van der Waals surface area contributed by atoms with Crippen LogP contribution < -0.4 is 5.32 Å². The fraction of sp³-hybridized carbons (Fsp3) is 0.318. The van der Waals surface area contributed by atoms with E-state index in [2.05, 4.69) is 20.1 Å². The van der Waals surface area contributed by atoms with Gasteiger partial charge in [-0.3, -0.25) is 4.79 Å². The fourth-order valence-corrected chi connectivity index (χ4v) is 4.28. The number of benzene rings is 2. The minimum absolute atomic E-state index is 0.00861. The third-order valence-corrected chi connectivity index (χ3v) is 6.01. The first kappa shape index (κ1) is 18.7. The molecule has 1 amide bonds. The number of hydrogen-bond donors (Lipinski definition) is 1. The zero-order chi connectivity index (χ0) is 19.5. The molecule has 0 saturated heterocycles. The van der Waals surface area contributed by atoms with Crippen LogP contribution in [0.2, 0.25) is 0 Å². The number of carbonyl (C=O) groups is 1. The van der Waals surface area contributed by atoms with E-state index in [4.69, 9.17) is 0 Å². The van der Waals surface area contributed by atoms with Gasteiger partial charge in [-0.25, -0.2) is 0 Å². The number of amides is 1. The second kappa shape index (κ2) is 8.19. The predicted molar refractivity (Wildman–Crippen MR) is 111 cm³/mol. The molecule has 0 bridgehead atoms. The molecule has 6 heteroatoms. The molecule has 1 aromatic heterocycles. The van der Waals surface area contributed by atoms with E-state index in [1.165, 1.54) is 11.8 Å². The van der Waals surface area contributed by atoms with Crippen molar-refractivity contribution in [1.82, 2.24) is 20.1 Å². The van der Waals surface area contributed by atoms with E-state index in [1.807, 2.05) is 74.5 Å². The van der Waals surface area contributed by atoms with E-state index in [0.717, 1.165) is 34.9 Å². The Kier molecular flexibility index (Phi) is 5.48. The summed E-state index contributed by atoms with van der Waals surface area (Å²) in [5, 5.41) is 12.3. The summed E-state index contributed by atoms with van der Waals surface area (Å²) in [5.41, 5.74) is 2.13. The Bertz CT molecular complexity index is 898. The van der Waals surface area contributed by atoms with Gasteiger partial charge in [0.05, 0.1) is 11.3 Å². The Balaban J connectivity index is 1.51. The van der Waals surface area contributed by atoms with Crippen molar-refractivity contribution < 1.29 is 4.79 Å². The SMILES string of the molecule is Cc1nnc(SC(C)C(=O)NC(c2ccccc2)c2ccccc2)n1C1CC1. The Morgan fingerprint density at radius 1 is 1.04 bits per heavy atom. The van der Waals surface area contributed by atoms with Crippen LogP contribution in [0.4, 0.5) is 0 Å². The van der Waals surface area contributed by atoms with Gasteiger partial charge in [0, 0.05) is 6.04 Å². The lowest BCUT2D eigenvalue weighted by atomic mass is 9.98. The molecule has 28 heavy (non-hydrogen) atoms. The lowest BCUT2D eigenvalue weighted by molar-refractivity contribution is -0.120. The molecule has 1 atom stereocenters. The number of hydrogen-bond acceptors (Lipinski definition) is 4. The minimum atomic E-state index is -0.268. The van der Waals surface area contributed by atoms with Crippen LogP contribution in [0.1, 0.15) is 48.8 Å². The molecule has 0 spiro atoms. The standard InChI is InChI=1S/C22H24N4OS/c1-15(28-22-25-24-16(2)26(22)19-13-14-19)21(27)23-20(17-9-5-3-6-10-17)18-11-7-4-8-12-18/h3-12,15,19-20H,13-14H2,1-2H3,(H,23,27). The number of rotatable bonds is 7. The number of thioether (sulfide) groups is 1. The van der Waals surface area contributed by atoms with E-state index in [0.29, 0.717) is 6.04 Å². The third-order valence-electron chi connectivity index (χ3n) is 4.95. The lowest BCUT2D eigenvalue weighted by Gasteiger charge is -2.22. The van der Waals surface area contributed by atoms with Gasteiger partial charge in [-0.15, -0.1) is 10.2 Å². The van der Waals surface area contributed by atoms with Gasteiger partial charge in [-0.2, -0.15) is 0 Å². The average Bonchev–Trinajstić information content (AvgIpc) is 3.50. The van der Waals surface area contributed by atoms with Crippen molar-refractivity contribution in [3.8, 4) is 0 Å². The quantitative estimate of drug-likeness (QED) is 0.609. The average molecular weight is 393 g/mol. The number of nitrogens with zero attached hydrogens (tertiary/aromatic N) is 3. The predicted octanol–water partition coefficient (Wildman–Crippen LogP) is 4.31. The molecule has 144 valence electrons. The molecule has 4 rings (SSSR count). The molecule has 0 radical (unpaired) electrons. The fourth-order valence-electron chi connectivity index (χ4n) is 3.30. The summed E-state index contributed by atoms with van der Waals surface area (Å²) in [4.78, 5) is 13.0. The molecule has 1 saturated carbocycles. The molecule has 5 nitrogen and oxygen atoms in total. The topological polar surface area (TPSA) is 59.8 Å². The van der Waals surface area contributed by atoms with Crippen LogP contribution in [0, 0.1) is 6.92 Å². The van der Waals surface area contributed by atoms with Gasteiger partial charge in [0.25, 0.3) is 0 Å². The van der Waals surface area contributed by atoms with E-state index >= 15 is 0 Å². The molecule has 3 aromatic rings. The van der Waals surface area contributed by atoms with Crippen LogP contribution in [0.5, 0.6) is 0 Å². The number of aromatic nitrogens is 3. The molecule has 1 N–H and O–H groups in total. The highest BCUT2D eigenvalue weighted by molar-refractivity contribution is 8.00. The van der Waals surface area contributed by atoms with E-state index < -0.39 is 0 Å². The second-order valence-corrected chi connectivity index (χ2v) is 8.46. The second-order valence-electron chi connectivity index (χ2n) is 7.15. The van der Waals surface area contributed by atoms with Gasteiger partial charge in [0.1, 0.15) is 5.82 Å². The number of aryl methyl sites for hydroxylation is 1. The Morgan fingerprint density at radius 3 is 2.14 bits per heavy atom. The first-order valence-corrected chi connectivity index (χ1v) is 10.5. The smallest absolute Gasteiger partial charge is 0.234 e. The zero-order valence-electron chi connectivity index (χ0n) is 16.1. The van der Waals surface area contributed by atoms with E-state index in [1.54, 1.807) is 0 Å². The summed E-state index contributed by atoms with van der Waals surface area (Å²) < 4.78 is 2.17. The van der Waals surface area contributed by atoms with Gasteiger partial charge in [-0.05, 0) is 37.8 Å². The van der Waals surface area contributed by atoms with Crippen molar-refractivity contribution in [3.05, 3.63) is 77.6 Å². The van der Waals surface area contributed by atoms with Gasteiger partial charge in [0.2, 0.25) is 5.91 Å². The molecule has 1 heterocycles. The maximum Gasteiger partial charge on any atom is 0.234 e. The molecule has 1 unspecified atom stereocenters. The molecule has 2 aromatic carbocycles. The highest BCUT2D eigenvalue weighted by Crippen LogP contribution is 2.39. The molecule has 1 aliphatic rings. The van der Waals surface area contributed by atoms with Crippen LogP contribution in [0.3, 0.4) is 0 Å². The Labute approximate surface area is 169 Å². The lowest BCUT2D eigenvalue weighted by Crippen LogP contribution is -2.35. The largest absolute Gasteiger partial charge is 0.344 e. The third kappa shape index (κ3) is 4.12. The zero-order valence-corrected chi connectivity index (χ0v) is 16.9. The normalized spacial score (nSPS) is 14.8. The van der Waals surface area contributed by atoms with Gasteiger partial charge in [0.15, 0.2) is 5.16 Å². The van der Waals surface area contributed by atoms with Gasteiger partial charge < -0.3 is 9.88 Å². The Morgan fingerprint density at radius 2 is 1.61 bits per heavy atom. The molecule has 0 aliphatic heterocycles. The van der Waals surface area contributed by atoms with Gasteiger partial charge in [-0.1, -0.05) is 72.4 Å². The van der Waals surface area contributed by atoms with Crippen molar-refractivity contribution in [2.45, 2.75) is 49.2 Å². The summed E-state index contributed by atoms with van der Waals surface area (Å²) in [6.45, 7) is 3.90. The molecular weight excluding hydrogens is 368 g/mol. The van der Waals surface area contributed by atoms with Crippen molar-refractivity contribution in [2.75, 3.05) is 0 Å². The number of nitrogens with one attached hydrogen (secondary N) is 1. The monoisotopic (exact) mass is 392 g/mol. The van der Waals surface area contributed by atoms with E-state index in [9.17, 15) is 4.79 Å². The van der Waals surface area contributed by atoms with Crippen LogP contribution in [-0.2, 0) is 4.79 Å². The maximum absolute atomic E-state index is 13.0. The van der Waals surface area contributed by atoms with Crippen LogP contribution in [0.25, 0.3) is 0 Å². The van der Waals surface area contributed by atoms with Crippen LogP contribution in [-0.4, -0.2) is 25.9 Å². The minimum Gasteiger partial charge on any atom is -0.344 e. The van der Waals surface area contributed by atoms with E-state index in [-0.39, 0.29) is 17.2 Å². The highest BCUT2D eigenvalue weighted by atomic mass is 32.2. The first-order chi connectivity index (χ1) is 13.6. The highest BCUT2D eigenvalue weighted by Gasteiger charge is 2.30. The molecule has 1 aliphatic carbocycles. The summed E-state index contributed by atoms with van der Waals surface area (Å²) in [5.74, 6) is 0.912. The van der Waals surface area contributed by atoms with Crippen LogP contribution >= 0.6 is 11.8 Å². The first-order valence-electron chi connectivity index (χ1n) is 9.62. The van der Waals surface area contributed by atoms with Crippen molar-refractivity contribution in [1.29, 1.82) is 0 Å². The van der Waals surface area contributed by atoms with Gasteiger partial charge >= 0.3 is 0 Å². The van der Waals surface area contributed by atoms with Crippen molar-refractivity contribution >= 4 is 17.7 Å². The van der Waals surface area contributed by atoms with Crippen LogP contribution in [0.15, 0.2) is 65.8 Å².